The number of halogens is 1. The maximum Gasteiger partial charge on any atom is 0.276 e. The molecule has 7 heteroatoms. The number of rotatable bonds is 5. The van der Waals surface area contributed by atoms with E-state index in [1.165, 1.54) is 11.3 Å². The van der Waals surface area contributed by atoms with E-state index in [0.29, 0.717) is 22.2 Å². The van der Waals surface area contributed by atoms with Crippen LogP contribution in [0.1, 0.15) is 36.2 Å². The zero-order chi connectivity index (χ0) is 15.5. The van der Waals surface area contributed by atoms with Crippen molar-refractivity contribution in [2.75, 3.05) is 13.2 Å². The molecule has 1 atom stereocenters. The molecule has 3 heterocycles. The lowest BCUT2D eigenvalue weighted by molar-refractivity contribution is 0.0714. The summed E-state index contributed by atoms with van der Waals surface area (Å²) in [5, 5.41) is 12.9. The van der Waals surface area contributed by atoms with Gasteiger partial charge in [0, 0.05) is 25.3 Å². The zero-order valence-corrected chi connectivity index (χ0v) is 13.6. The first-order chi connectivity index (χ1) is 10.7. The van der Waals surface area contributed by atoms with E-state index in [2.05, 4.69) is 5.16 Å². The number of amides is 1. The first kappa shape index (κ1) is 15.5. The molecule has 2 aromatic heterocycles. The normalized spacial score (nSPS) is 18.1. The molecule has 1 saturated heterocycles. The van der Waals surface area contributed by atoms with Crippen LogP contribution in [0.25, 0.3) is 10.6 Å². The van der Waals surface area contributed by atoms with Crippen molar-refractivity contribution >= 4 is 28.8 Å². The van der Waals surface area contributed by atoms with Crippen LogP contribution in [0.2, 0.25) is 4.34 Å². The number of hydrogen-bond donors (Lipinski definition) is 1. The second-order valence-electron chi connectivity index (χ2n) is 5.34. The number of carbonyl (C=O) groups excluding carboxylic acids is 1. The fraction of sp³-hybridized carbons (Fsp3) is 0.467. The van der Waals surface area contributed by atoms with Crippen molar-refractivity contribution in [3.05, 3.63) is 28.2 Å². The standard InChI is InChI=1S/C15H17ClN2O3S/c16-14-6-5-13(22-14)12-9-11(17-21-12)15(20)18-7-1-3-10(18)4-2-8-19/h5-6,9-10,19H,1-4,7-8H2. The number of hydrogen-bond acceptors (Lipinski definition) is 5. The van der Waals surface area contributed by atoms with Crippen molar-refractivity contribution in [3.63, 3.8) is 0 Å². The molecule has 3 rings (SSSR count). The molecule has 0 aliphatic carbocycles. The van der Waals surface area contributed by atoms with Crippen molar-refractivity contribution in [1.29, 1.82) is 0 Å². The third kappa shape index (κ3) is 3.19. The fourth-order valence-corrected chi connectivity index (χ4v) is 3.81. The second-order valence-corrected chi connectivity index (χ2v) is 7.06. The molecule has 1 unspecified atom stereocenters. The van der Waals surface area contributed by atoms with E-state index in [0.717, 1.165) is 30.7 Å². The molecule has 0 bridgehead atoms. The molecule has 0 radical (unpaired) electrons. The van der Waals surface area contributed by atoms with Crippen molar-refractivity contribution in [1.82, 2.24) is 10.1 Å². The van der Waals surface area contributed by atoms with Crippen LogP contribution in [0, 0.1) is 0 Å². The van der Waals surface area contributed by atoms with Gasteiger partial charge in [-0.15, -0.1) is 11.3 Å². The molecule has 1 aliphatic heterocycles. The van der Waals surface area contributed by atoms with Gasteiger partial charge in [0.2, 0.25) is 0 Å². The number of aromatic nitrogens is 1. The Morgan fingerprint density at radius 2 is 2.41 bits per heavy atom. The number of aliphatic hydroxyl groups is 1. The third-order valence-corrected chi connectivity index (χ3v) is 5.12. The van der Waals surface area contributed by atoms with Gasteiger partial charge in [-0.05, 0) is 37.8 Å². The average molecular weight is 341 g/mol. The van der Waals surface area contributed by atoms with E-state index in [-0.39, 0.29) is 18.6 Å². The van der Waals surface area contributed by atoms with Gasteiger partial charge in [0.1, 0.15) is 0 Å². The van der Waals surface area contributed by atoms with Crippen molar-refractivity contribution in [2.45, 2.75) is 31.7 Å². The lowest BCUT2D eigenvalue weighted by atomic mass is 10.1. The minimum atomic E-state index is -0.0990. The quantitative estimate of drug-likeness (QED) is 0.905. The van der Waals surface area contributed by atoms with Gasteiger partial charge >= 0.3 is 0 Å². The summed E-state index contributed by atoms with van der Waals surface area (Å²) in [6.07, 6.45) is 3.52. The highest BCUT2D eigenvalue weighted by atomic mass is 35.5. The SMILES string of the molecule is O=C(c1cc(-c2ccc(Cl)s2)on1)N1CCCC1CCCO. The topological polar surface area (TPSA) is 66.6 Å². The Morgan fingerprint density at radius 1 is 1.55 bits per heavy atom. The van der Waals surface area contributed by atoms with Crippen LogP contribution in [-0.2, 0) is 0 Å². The van der Waals surface area contributed by atoms with Gasteiger partial charge in [-0.25, -0.2) is 0 Å². The molecule has 2 aromatic rings. The zero-order valence-electron chi connectivity index (χ0n) is 12.0. The number of likely N-dealkylation sites (tertiary alicyclic amines) is 1. The molecule has 1 N–H and O–H groups in total. The van der Waals surface area contributed by atoms with Crippen LogP contribution < -0.4 is 0 Å². The monoisotopic (exact) mass is 340 g/mol. The molecule has 118 valence electrons. The average Bonchev–Trinajstić information content (AvgIpc) is 3.24. The predicted octanol–water partition coefficient (Wildman–Crippen LogP) is 3.43. The largest absolute Gasteiger partial charge is 0.396 e. The molecular formula is C15H17ClN2O3S. The number of aliphatic hydroxyl groups excluding tert-OH is 1. The number of thiophene rings is 1. The summed E-state index contributed by atoms with van der Waals surface area (Å²) in [5.41, 5.74) is 0.329. The number of nitrogens with zero attached hydrogens (tertiary/aromatic N) is 2. The Balaban J connectivity index is 1.73. The molecule has 1 aliphatic rings. The predicted molar refractivity (Wildman–Crippen MR) is 85.2 cm³/mol. The highest BCUT2D eigenvalue weighted by Gasteiger charge is 2.30. The summed E-state index contributed by atoms with van der Waals surface area (Å²) in [6, 6.07) is 5.50. The molecule has 1 fully saturated rings. The van der Waals surface area contributed by atoms with Crippen LogP contribution in [0.4, 0.5) is 0 Å². The van der Waals surface area contributed by atoms with Gasteiger partial charge in [-0.2, -0.15) is 0 Å². The van der Waals surface area contributed by atoms with E-state index >= 15 is 0 Å². The first-order valence-corrected chi connectivity index (χ1v) is 8.52. The van der Waals surface area contributed by atoms with Gasteiger partial charge < -0.3 is 14.5 Å². The van der Waals surface area contributed by atoms with Crippen LogP contribution in [0.15, 0.2) is 22.7 Å². The smallest absolute Gasteiger partial charge is 0.276 e. The van der Waals surface area contributed by atoms with Gasteiger partial charge in [0.25, 0.3) is 5.91 Å². The van der Waals surface area contributed by atoms with E-state index in [9.17, 15) is 4.79 Å². The summed E-state index contributed by atoms with van der Waals surface area (Å²) in [4.78, 5) is 15.3. The first-order valence-electron chi connectivity index (χ1n) is 7.33. The van der Waals surface area contributed by atoms with E-state index in [4.69, 9.17) is 21.2 Å². The van der Waals surface area contributed by atoms with Gasteiger partial charge in [0.15, 0.2) is 11.5 Å². The van der Waals surface area contributed by atoms with Gasteiger partial charge in [-0.1, -0.05) is 16.8 Å². The Kier molecular flexibility index (Phi) is 4.81. The van der Waals surface area contributed by atoms with E-state index in [1.807, 2.05) is 11.0 Å². The minimum absolute atomic E-state index is 0.0990. The molecule has 5 nitrogen and oxygen atoms in total. The summed E-state index contributed by atoms with van der Waals surface area (Å²) in [7, 11) is 0. The van der Waals surface area contributed by atoms with Gasteiger partial charge in [-0.3, -0.25) is 4.79 Å². The second kappa shape index (κ2) is 6.81. The Labute approximate surface area is 137 Å². The fourth-order valence-electron chi connectivity index (χ4n) is 2.82. The molecule has 22 heavy (non-hydrogen) atoms. The lowest BCUT2D eigenvalue weighted by Gasteiger charge is -2.23. The summed E-state index contributed by atoms with van der Waals surface area (Å²) < 4.78 is 5.94. The lowest BCUT2D eigenvalue weighted by Crippen LogP contribution is -2.35. The van der Waals surface area contributed by atoms with Crippen molar-refractivity contribution in [3.8, 4) is 10.6 Å². The molecule has 0 aromatic carbocycles. The minimum Gasteiger partial charge on any atom is -0.396 e. The van der Waals surface area contributed by atoms with Crippen molar-refractivity contribution in [2.24, 2.45) is 0 Å². The van der Waals surface area contributed by atoms with Crippen LogP contribution >= 0.6 is 22.9 Å². The van der Waals surface area contributed by atoms with E-state index in [1.54, 1.807) is 12.1 Å². The van der Waals surface area contributed by atoms with E-state index < -0.39 is 0 Å². The van der Waals surface area contributed by atoms with Crippen molar-refractivity contribution < 1.29 is 14.4 Å². The van der Waals surface area contributed by atoms with Crippen LogP contribution in [0.5, 0.6) is 0 Å². The van der Waals surface area contributed by atoms with Gasteiger partial charge in [0.05, 0.1) is 9.21 Å². The summed E-state index contributed by atoms with van der Waals surface area (Å²) in [5.74, 6) is 0.462. The Morgan fingerprint density at radius 3 is 3.14 bits per heavy atom. The molecule has 0 spiro atoms. The summed E-state index contributed by atoms with van der Waals surface area (Å²) in [6.45, 7) is 0.897. The van der Waals surface area contributed by atoms with Crippen LogP contribution in [0.3, 0.4) is 0 Å². The summed E-state index contributed by atoms with van der Waals surface area (Å²) >= 11 is 7.30. The molecule has 0 saturated carbocycles. The Bertz CT molecular complexity index is 655. The maximum absolute atomic E-state index is 12.6. The van der Waals surface area contributed by atoms with Crippen LogP contribution in [-0.4, -0.2) is 40.3 Å². The maximum atomic E-state index is 12.6. The third-order valence-electron chi connectivity index (χ3n) is 3.88. The number of carbonyl (C=O) groups is 1. The Hall–Kier alpha value is -1.37. The molecule has 1 amide bonds. The highest BCUT2D eigenvalue weighted by molar-refractivity contribution is 7.19. The highest BCUT2D eigenvalue weighted by Crippen LogP contribution is 2.32. The molecular weight excluding hydrogens is 324 g/mol.